The van der Waals surface area contributed by atoms with Crippen molar-refractivity contribution in [3.63, 3.8) is 0 Å². The van der Waals surface area contributed by atoms with Gasteiger partial charge in [-0.25, -0.2) is 0 Å². The first-order valence-corrected chi connectivity index (χ1v) is 8.04. The van der Waals surface area contributed by atoms with Crippen LogP contribution in [0.25, 0.3) is 0 Å². The minimum Gasteiger partial charge on any atom is -0.499 e. The zero-order valence-electron chi connectivity index (χ0n) is 14.6. The fraction of sp³-hybridized carbons (Fsp3) is 0.556. The molecule has 0 saturated carbocycles. The van der Waals surface area contributed by atoms with Crippen LogP contribution in [0.2, 0.25) is 0 Å². The Morgan fingerprint density at radius 3 is 2.26 bits per heavy atom. The van der Waals surface area contributed by atoms with E-state index in [-0.39, 0.29) is 0 Å². The molecule has 0 N–H and O–H groups in total. The van der Waals surface area contributed by atoms with Gasteiger partial charge < -0.3 is 18.9 Å². The number of hydrogen-bond acceptors (Lipinski definition) is 5. The summed E-state index contributed by atoms with van der Waals surface area (Å²) in [6.45, 7) is 5.62. The quantitative estimate of drug-likeness (QED) is 0.771. The highest BCUT2D eigenvalue weighted by atomic mass is 16.5. The first-order chi connectivity index (χ1) is 11.2. The van der Waals surface area contributed by atoms with Crippen molar-refractivity contribution in [3.05, 3.63) is 29.5 Å². The Balaban J connectivity index is 2.08. The molecule has 0 radical (unpaired) electrons. The summed E-state index contributed by atoms with van der Waals surface area (Å²) < 4.78 is 21.9. The molecule has 0 unspecified atom stereocenters. The van der Waals surface area contributed by atoms with Gasteiger partial charge in [0.15, 0.2) is 11.5 Å². The molecule has 0 bridgehead atoms. The molecule has 0 aromatic heterocycles. The van der Waals surface area contributed by atoms with Crippen LogP contribution in [0.5, 0.6) is 17.2 Å². The molecule has 0 saturated heterocycles. The maximum Gasteiger partial charge on any atom is 0.203 e. The van der Waals surface area contributed by atoms with Crippen molar-refractivity contribution in [2.24, 2.45) is 0 Å². The molecule has 1 aliphatic heterocycles. The van der Waals surface area contributed by atoms with E-state index in [1.54, 1.807) is 21.3 Å². The van der Waals surface area contributed by atoms with Gasteiger partial charge in [-0.3, -0.25) is 4.90 Å². The van der Waals surface area contributed by atoms with E-state index >= 15 is 0 Å². The van der Waals surface area contributed by atoms with Gasteiger partial charge in [0.25, 0.3) is 0 Å². The van der Waals surface area contributed by atoms with Crippen LogP contribution in [0.1, 0.15) is 25.3 Å². The molecule has 5 heteroatoms. The number of hydrogen-bond donors (Lipinski definition) is 0. The maximum absolute atomic E-state index is 5.64. The molecule has 0 fully saturated rings. The average molecular weight is 321 g/mol. The predicted molar refractivity (Wildman–Crippen MR) is 90.3 cm³/mol. The fourth-order valence-electron chi connectivity index (χ4n) is 2.85. The third kappa shape index (κ3) is 4.55. The van der Waals surface area contributed by atoms with Crippen molar-refractivity contribution in [2.45, 2.75) is 26.3 Å². The zero-order valence-corrected chi connectivity index (χ0v) is 14.6. The van der Waals surface area contributed by atoms with E-state index in [0.717, 1.165) is 50.4 Å². The van der Waals surface area contributed by atoms with E-state index in [1.807, 2.05) is 19.1 Å². The highest BCUT2D eigenvalue weighted by Gasteiger charge is 2.16. The lowest BCUT2D eigenvalue weighted by Crippen LogP contribution is -2.24. The lowest BCUT2D eigenvalue weighted by Gasteiger charge is -2.21. The first kappa shape index (κ1) is 17.5. The van der Waals surface area contributed by atoms with Gasteiger partial charge in [-0.1, -0.05) is 0 Å². The summed E-state index contributed by atoms with van der Waals surface area (Å²) in [7, 11) is 4.91. The van der Waals surface area contributed by atoms with E-state index in [4.69, 9.17) is 18.9 Å². The molecule has 128 valence electrons. The highest BCUT2D eigenvalue weighted by molar-refractivity contribution is 5.53. The Morgan fingerprint density at radius 2 is 1.70 bits per heavy atom. The van der Waals surface area contributed by atoms with Crippen molar-refractivity contribution in [1.29, 1.82) is 0 Å². The van der Waals surface area contributed by atoms with E-state index in [9.17, 15) is 0 Å². The van der Waals surface area contributed by atoms with Gasteiger partial charge in [-0.2, -0.15) is 0 Å². The van der Waals surface area contributed by atoms with Crippen LogP contribution in [0.3, 0.4) is 0 Å². The van der Waals surface area contributed by atoms with Gasteiger partial charge in [0, 0.05) is 26.1 Å². The topological polar surface area (TPSA) is 40.2 Å². The van der Waals surface area contributed by atoms with Crippen molar-refractivity contribution in [3.8, 4) is 17.2 Å². The Labute approximate surface area is 138 Å². The number of nitrogens with zero attached hydrogens (tertiary/aromatic N) is 1. The van der Waals surface area contributed by atoms with Crippen molar-refractivity contribution < 1.29 is 18.9 Å². The Kier molecular flexibility index (Phi) is 6.59. The molecule has 0 aliphatic carbocycles. The van der Waals surface area contributed by atoms with E-state index in [1.165, 1.54) is 0 Å². The lowest BCUT2D eigenvalue weighted by atomic mass is 10.1. The third-order valence-electron chi connectivity index (χ3n) is 3.95. The lowest BCUT2D eigenvalue weighted by molar-refractivity contribution is 0.205. The summed E-state index contributed by atoms with van der Waals surface area (Å²) in [4.78, 5) is 2.42. The van der Waals surface area contributed by atoms with Crippen molar-refractivity contribution >= 4 is 0 Å². The van der Waals surface area contributed by atoms with Gasteiger partial charge in [0.2, 0.25) is 5.75 Å². The van der Waals surface area contributed by atoms with Crippen LogP contribution in [0.15, 0.2) is 24.0 Å². The second kappa shape index (κ2) is 8.67. The van der Waals surface area contributed by atoms with Crippen LogP contribution in [0.4, 0.5) is 0 Å². The predicted octanol–water partition coefficient (Wildman–Crippen LogP) is 3.23. The number of ether oxygens (including phenoxy) is 4. The number of benzene rings is 1. The molecule has 0 amide bonds. The monoisotopic (exact) mass is 321 g/mol. The zero-order chi connectivity index (χ0) is 16.7. The second-order valence-corrected chi connectivity index (χ2v) is 5.45. The van der Waals surface area contributed by atoms with Gasteiger partial charge in [-0.15, -0.1) is 0 Å². The summed E-state index contributed by atoms with van der Waals surface area (Å²) in [6, 6.07) is 4.03. The van der Waals surface area contributed by atoms with Gasteiger partial charge >= 0.3 is 0 Å². The Hall–Kier alpha value is -1.88. The third-order valence-corrected chi connectivity index (χ3v) is 3.95. The van der Waals surface area contributed by atoms with E-state index in [0.29, 0.717) is 17.2 Å². The molecule has 0 spiro atoms. The molecule has 1 heterocycles. The van der Waals surface area contributed by atoms with Crippen molar-refractivity contribution in [1.82, 2.24) is 4.90 Å². The Morgan fingerprint density at radius 1 is 1.00 bits per heavy atom. The van der Waals surface area contributed by atoms with Crippen molar-refractivity contribution in [2.75, 3.05) is 41.0 Å². The number of methoxy groups -OCH3 is 3. The molecule has 23 heavy (non-hydrogen) atoms. The van der Waals surface area contributed by atoms with Crippen LogP contribution < -0.4 is 14.2 Å². The molecule has 1 aromatic rings. The molecule has 1 aromatic carbocycles. The van der Waals surface area contributed by atoms with Gasteiger partial charge in [0.05, 0.1) is 33.7 Å². The maximum atomic E-state index is 5.64. The Bertz CT molecular complexity index is 517. The molecule has 5 nitrogen and oxygen atoms in total. The van der Waals surface area contributed by atoms with Crippen LogP contribution >= 0.6 is 0 Å². The van der Waals surface area contributed by atoms with Gasteiger partial charge in [0.1, 0.15) is 0 Å². The van der Waals surface area contributed by atoms with E-state index < -0.39 is 0 Å². The van der Waals surface area contributed by atoms with Crippen LogP contribution in [-0.2, 0) is 11.3 Å². The van der Waals surface area contributed by atoms with E-state index in [2.05, 4.69) is 11.0 Å². The molecule has 0 atom stereocenters. The smallest absolute Gasteiger partial charge is 0.203 e. The van der Waals surface area contributed by atoms with Gasteiger partial charge in [-0.05, 0) is 37.1 Å². The average Bonchev–Trinajstić information content (AvgIpc) is 2.79. The largest absolute Gasteiger partial charge is 0.499 e. The molecular weight excluding hydrogens is 294 g/mol. The molecular formula is C18H27NO4. The first-order valence-electron chi connectivity index (χ1n) is 8.04. The number of rotatable bonds is 7. The highest BCUT2D eigenvalue weighted by Crippen LogP contribution is 2.38. The standard InChI is InChI=1S/C18H27NO4/c1-5-23-15-7-6-9-19(10-8-15)13-14-11-16(20-2)18(22-4)17(12-14)21-3/h7,11-12H,5-6,8-10,13H2,1-4H3. The summed E-state index contributed by atoms with van der Waals surface area (Å²) in [5, 5.41) is 0. The van der Waals surface area contributed by atoms with Crippen LogP contribution in [-0.4, -0.2) is 45.9 Å². The summed E-state index contributed by atoms with van der Waals surface area (Å²) in [6.07, 6.45) is 4.18. The minimum atomic E-state index is 0.634. The molecule has 1 aliphatic rings. The molecule has 2 rings (SSSR count). The SMILES string of the molecule is CCOC1=CCCN(Cc2cc(OC)c(OC)c(OC)c2)CC1. The van der Waals surface area contributed by atoms with Crippen LogP contribution in [0, 0.1) is 0 Å². The second-order valence-electron chi connectivity index (χ2n) is 5.45. The summed E-state index contributed by atoms with van der Waals surface area (Å²) >= 11 is 0. The minimum absolute atomic E-state index is 0.634. The fourth-order valence-corrected chi connectivity index (χ4v) is 2.85. The summed E-state index contributed by atoms with van der Waals surface area (Å²) in [5.41, 5.74) is 1.15. The normalized spacial score (nSPS) is 15.6. The summed E-state index contributed by atoms with van der Waals surface area (Å²) in [5.74, 6) is 3.14.